The van der Waals surface area contributed by atoms with Crippen LogP contribution in [0.1, 0.15) is 39.6 Å². The molecule has 6 nitrogen and oxygen atoms in total. The van der Waals surface area contributed by atoms with Crippen LogP contribution in [0.2, 0.25) is 0 Å². The molecular weight excluding hydrogens is 350 g/mol. The fraction of sp³-hybridized carbons (Fsp3) is 0.364. The first-order valence-corrected chi connectivity index (χ1v) is 9.82. The number of nitrogens with zero attached hydrogens (tertiary/aromatic N) is 4. The highest BCUT2D eigenvalue weighted by atomic mass is 16.1. The highest BCUT2D eigenvalue weighted by Crippen LogP contribution is 2.19. The van der Waals surface area contributed by atoms with Crippen molar-refractivity contribution in [3.8, 4) is 0 Å². The molecule has 1 aromatic carbocycles. The summed E-state index contributed by atoms with van der Waals surface area (Å²) in [4.78, 5) is 15.2. The molecule has 1 aliphatic rings. The minimum absolute atomic E-state index is 0.0263. The van der Waals surface area contributed by atoms with Crippen LogP contribution in [-0.4, -0.2) is 31.7 Å². The molecule has 0 spiro atoms. The number of benzene rings is 1. The molecule has 3 heterocycles. The van der Waals surface area contributed by atoms with E-state index in [2.05, 4.69) is 56.3 Å². The SMILES string of the molecule is Cc1cc(CNC(=O)c2ccc3n2CCCN(Cc2ccccc2)C3)n(C)n1. The van der Waals surface area contributed by atoms with Crippen LogP contribution in [0.5, 0.6) is 0 Å². The van der Waals surface area contributed by atoms with E-state index >= 15 is 0 Å². The maximum absolute atomic E-state index is 12.8. The van der Waals surface area contributed by atoms with E-state index in [1.54, 1.807) is 0 Å². The van der Waals surface area contributed by atoms with Gasteiger partial charge in [-0.2, -0.15) is 5.10 Å². The fourth-order valence-electron chi connectivity index (χ4n) is 3.94. The molecular formula is C22H27N5O. The lowest BCUT2D eigenvalue weighted by Crippen LogP contribution is -2.26. The average molecular weight is 377 g/mol. The van der Waals surface area contributed by atoms with Crippen molar-refractivity contribution in [2.45, 2.75) is 39.5 Å². The number of fused-ring (bicyclic) bond motifs is 1. The number of hydrogen-bond acceptors (Lipinski definition) is 3. The highest BCUT2D eigenvalue weighted by Gasteiger charge is 2.20. The van der Waals surface area contributed by atoms with E-state index < -0.39 is 0 Å². The van der Waals surface area contributed by atoms with E-state index in [9.17, 15) is 4.79 Å². The van der Waals surface area contributed by atoms with Crippen LogP contribution >= 0.6 is 0 Å². The lowest BCUT2D eigenvalue weighted by molar-refractivity contribution is 0.0940. The van der Waals surface area contributed by atoms with Gasteiger partial charge in [-0.1, -0.05) is 30.3 Å². The molecule has 0 radical (unpaired) electrons. The number of nitrogens with one attached hydrogen (secondary N) is 1. The summed E-state index contributed by atoms with van der Waals surface area (Å²) in [6.07, 6.45) is 1.04. The molecule has 0 atom stereocenters. The van der Waals surface area contributed by atoms with Crippen molar-refractivity contribution in [1.29, 1.82) is 0 Å². The number of aryl methyl sites for hydroxylation is 2. The van der Waals surface area contributed by atoms with Crippen molar-refractivity contribution < 1.29 is 4.79 Å². The molecule has 28 heavy (non-hydrogen) atoms. The van der Waals surface area contributed by atoms with Gasteiger partial charge in [0, 0.05) is 38.9 Å². The molecule has 0 aliphatic carbocycles. The summed E-state index contributed by atoms with van der Waals surface area (Å²) >= 11 is 0. The standard InChI is InChI=1S/C22H27N5O/c1-17-13-20(25(2)24-17)14-23-22(28)21-10-9-19-16-26(11-6-12-27(19)21)15-18-7-4-3-5-8-18/h3-5,7-10,13H,6,11-12,14-16H2,1-2H3,(H,23,28). The number of carbonyl (C=O) groups excluding carboxylic acids is 1. The third-order valence-electron chi connectivity index (χ3n) is 5.32. The Morgan fingerprint density at radius 2 is 1.96 bits per heavy atom. The van der Waals surface area contributed by atoms with Crippen molar-refractivity contribution in [1.82, 2.24) is 24.6 Å². The van der Waals surface area contributed by atoms with Crippen LogP contribution in [0.4, 0.5) is 0 Å². The van der Waals surface area contributed by atoms with Gasteiger partial charge < -0.3 is 9.88 Å². The first-order chi connectivity index (χ1) is 13.6. The molecule has 4 rings (SSSR count). The van der Waals surface area contributed by atoms with Gasteiger partial charge >= 0.3 is 0 Å². The molecule has 0 unspecified atom stereocenters. The molecule has 2 aromatic heterocycles. The molecule has 0 fully saturated rings. The van der Waals surface area contributed by atoms with Crippen LogP contribution in [0.25, 0.3) is 0 Å². The summed E-state index contributed by atoms with van der Waals surface area (Å²) in [5.74, 6) is -0.0263. The second-order valence-electron chi connectivity index (χ2n) is 7.49. The van der Waals surface area contributed by atoms with Gasteiger partial charge in [-0.05, 0) is 37.1 Å². The first kappa shape index (κ1) is 18.5. The molecule has 0 saturated carbocycles. The second kappa shape index (κ2) is 8.02. The lowest BCUT2D eigenvalue weighted by Gasteiger charge is -2.19. The van der Waals surface area contributed by atoms with Crippen molar-refractivity contribution in [2.24, 2.45) is 7.05 Å². The molecule has 1 N–H and O–H groups in total. The third-order valence-corrected chi connectivity index (χ3v) is 5.32. The molecule has 3 aromatic rings. The summed E-state index contributed by atoms with van der Waals surface area (Å²) in [5, 5.41) is 7.37. The predicted octanol–water partition coefficient (Wildman–Crippen LogP) is 2.87. The van der Waals surface area contributed by atoms with Gasteiger partial charge in [-0.25, -0.2) is 0 Å². The van der Waals surface area contributed by atoms with Gasteiger partial charge in [0.25, 0.3) is 5.91 Å². The van der Waals surface area contributed by atoms with Crippen molar-refractivity contribution >= 4 is 5.91 Å². The number of amides is 1. The molecule has 1 amide bonds. The molecule has 0 bridgehead atoms. The second-order valence-corrected chi connectivity index (χ2v) is 7.49. The normalized spacial score (nSPS) is 14.5. The minimum atomic E-state index is -0.0263. The largest absolute Gasteiger partial charge is 0.345 e. The highest BCUT2D eigenvalue weighted by molar-refractivity contribution is 5.92. The Labute approximate surface area is 165 Å². The molecule has 1 aliphatic heterocycles. The fourth-order valence-corrected chi connectivity index (χ4v) is 3.94. The van der Waals surface area contributed by atoms with Crippen molar-refractivity contribution in [3.05, 3.63) is 76.9 Å². The lowest BCUT2D eigenvalue weighted by atomic mass is 10.2. The summed E-state index contributed by atoms with van der Waals surface area (Å²) in [5.41, 5.74) is 5.24. The van der Waals surface area contributed by atoms with Gasteiger partial charge in [-0.15, -0.1) is 0 Å². The van der Waals surface area contributed by atoms with E-state index in [1.807, 2.05) is 30.8 Å². The Hall–Kier alpha value is -2.86. The quantitative estimate of drug-likeness (QED) is 0.744. The van der Waals surface area contributed by atoms with E-state index in [4.69, 9.17) is 0 Å². The summed E-state index contributed by atoms with van der Waals surface area (Å²) in [6, 6.07) is 16.6. The van der Waals surface area contributed by atoms with Crippen LogP contribution in [0, 0.1) is 6.92 Å². The number of carbonyl (C=O) groups is 1. The van der Waals surface area contributed by atoms with Crippen molar-refractivity contribution in [2.75, 3.05) is 6.54 Å². The Bertz CT molecular complexity index is 957. The van der Waals surface area contributed by atoms with Gasteiger partial charge in [0.1, 0.15) is 5.69 Å². The number of hydrogen-bond donors (Lipinski definition) is 1. The van der Waals surface area contributed by atoms with Gasteiger partial charge in [0.15, 0.2) is 0 Å². The summed E-state index contributed by atoms with van der Waals surface area (Å²) in [6.45, 7) is 6.15. The third kappa shape index (κ3) is 4.02. The Morgan fingerprint density at radius 3 is 2.71 bits per heavy atom. The van der Waals surface area contributed by atoms with Crippen LogP contribution in [-0.2, 0) is 33.2 Å². The van der Waals surface area contributed by atoms with Crippen LogP contribution in [0.3, 0.4) is 0 Å². The summed E-state index contributed by atoms with van der Waals surface area (Å²) in [7, 11) is 1.90. The average Bonchev–Trinajstić information content (AvgIpc) is 3.16. The van der Waals surface area contributed by atoms with Crippen molar-refractivity contribution in [3.63, 3.8) is 0 Å². The first-order valence-electron chi connectivity index (χ1n) is 9.82. The maximum Gasteiger partial charge on any atom is 0.268 e. The van der Waals surface area contributed by atoms with E-state index in [1.165, 1.54) is 11.3 Å². The van der Waals surface area contributed by atoms with Crippen LogP contribution in [0.15, 0.2) is 48.5 Å². The molecule has 0 saturated heterocycles. The smallest absolute Gasteiger partial charge is 0.268 e. The minimum Gasteiger partial charge on any atom is -0.345 e. The zero-order chi connectivity index (χ0) is 19.5. The maximum atomic E-state index is 12.8. The number of rotatable bonds is 5. The topological polar surface area (TPSA) is 55.1 Å². The van der Waals surface area contributed by atoms with Crippen LogP contribution < -0.4 is 5.32 Å². The Balaban J connectivity index is 1.43. The molecule has 6 heteroatoms. The zero-order valence-electron chi connectivity index (χ0n) is 16.6. The Kier molecular flexibility index (Phi) is 5.30. The van der Waals surface area contributed by atoms with E-state index in [0.29, 0.717) is 6.54 Å². The van der Waals surface area contributed by atoms with Gasteiger partial charge in [0.2, 0.25) is 0 Å². The van der Waals surface area contributed by atoms with E-state index in [0.717, 1.165) is 49.7 Å². The Morgan fingerprint density at radius 1 is 1.14 bits per heavy atom. The van der Waals surface area contributed by atoms with Gasteiger partial charge in [-0.3, -0.25) is 14.4 Å². The monoisotopic (exact) mass is 377 g/mol. The molecule has 146 valence electrons. The number of aromatic nitrogens is 3. The zero-order valence-corrected chi connectivity index (χ0v) is 16.6. The summed E-state index contributed by atoms with van der Waals surface area (Å²) < 4.78 is 3.99. The van der Waals surface area contributed by atoms with E-state index in [-0.39, 0.29) is 5.91 Å². The van der Waals surface area contributed by atoms with Gasteiger partial charge in [0.05, 0.1) is 17.9 Å². The predicted molar refractivity (Wildman–Crippen MR) is 109 cm³/mol.